The van der Waals surface area contributed by atoms with Crippen molar-refractivity contribution in [1.29, 1.82) is 0 Å². The van der Waals surface area contributed by atoms with Gasteiger partial charge in [-0.25, -0.2) is 4.79 Å². The van der Waals surface area contributed by atoms with E-state index in [1.165, 1.54) is 89.9 Å². The maximum absolute atomic E-state index is 13.0. The van der Waals surface area contributed by atoms with E-state index in [1.54, 1.807) is 0 Å². The fraction of sp³-hybridized carbons (Fsp3) is 0.789. The monoisotopic (exact) mass is 975 g/mol. The first-order valence-electron chi connectivity index (χ1n) is 27.6. The van der Waals surface area contributed by atoms with Gasteiger partial charge < -0.3 is 39.0 Å². The summed E-state index contributed by atoms with van der Waals surface area (Å²) in [6.45, 7) is 5.84. The number of allylic oxidation sites excluding steroid dienone is 8. The first-order valence-corrected chi connectivity index (χ1v) is 27.6. The number of esters is 3. The summed E-state index contributed by atoms with van der Waals surface area (Å²) in [4.78, 5) is 50.8. The van der Waals surface area contributed by atoms with Crippen LogP contribution >= 0.6 is 0 Å². The summed E-state index contributed by atoms with van der Waals surface area (Å²) >= 11 is 0. The lowest BCUT2D eigenvalue weighted by atomic mass is 9.98. The van der Waals surface area contributed by atoms with Crippen molar-refractivity contribution in [3.05, 3.63) is 48.6 Å². The topological polar surface area (TPSA) is 175 Å². The first kappa shape index (κ1) is 63.7. The van der Waals surface area contributed by atoms with Crippen LogP contribution in [0.5, 0.6) is 0 Å². The second kappa shape index (κ2) is 45.8. The molecule has 6 unspecified atom stereocenters. The van der Waals surface area contributed by atoms with Gasteiger partial charge in [0.05, 0.1) is 6.61 Å². The molecule has 1 heterocycles. The zero-order chi connectivity index (χ0) is 50.4. The minimum atomic E-state index is -1.91. The number of aliphatic carboxylic acids is 1. The zero-order valence-corrected chi connectivity index (χ0v) is 43.6. The molecule has 1 fully saturated rings. The molecule has 1 aliphatic rings. The highest BCUT2D eigenvalue weighted by molar-refractivity contribution is 5.74. The standard InChI is InChI=1S/C57H98O12/c1-4-7-10-13-16-19-21-23-24-25-26-28-30-33-36-39-42-45-51(60)68-55-53(62)52(61)54(56(63)64)69-57(55)66-47-48(67-50(59)44-41-38-35-31-18-15-12-9-6-3)46-65-49(58)43-40-37-34-32-29-27-22-20-17-14-11-8-5-2/h7,10,16,19,23-24,26,28,48,52-55,57,61-62H,4-6,8-9,11-15,17-18,20-22,25,27,29-47H2,1-3H3,(H,63,64)/b10-7-,19-16-,24-23-,28-26-. The third kappa shape index (κ3) is 36.3. The van der Waals surface area contributed by atoms with Crippen LogP contribution in [0.25, 0.3) is 0 Å². The van der Waals surface area contributed by atoms with Gasteiger partial charge in [-0.05, 0) is 57.8 Å². The highest BCUT2D eigenvalue weighted by Gasteiger charge is 2.50. The summed E-state index contributed by atoms with van der Waals surface area (Å²) in [6.07, 6.45) is 41.0. The summed E-state index contributed by atoms with van der Waals surface area (Å²) in [5.41, 5.74) is 0. The number of ether oxygens (including phenoxy) is 5. The van der Waals surface area contributed by atoms with E-state index in [4.69, 9.17) is 23.7 Å². The lowest BCUT2D eigenvalue weighted by molar-refractivity contribution is -0.301. The smallest absolute Gasteiger partial charge is 0.335 e. The number of carbonyl (C=O) groups is 4. The van der Waals surface area contributed by atoms with Crippen LogP contribution in [0.4, 0.5) is 0 Å². The number of hydrogen-bond acceptors (Lipinski definition) is 11. The van der Waals surface area contributed by atoms with E-state index in [2.05, 4.69) is 69.4 Å². The van der Waals surface area contributed by atoms with Gasteiger partial charge in [0.15, 0.2) is 24.6 Å². The molecule has 0 amide bonds. The van der Waals surface area contributed by atoms with E-state index in [-0.39, 0.29) is 25.9 Å². The average Bonchev–Trinajstić information content (AvgIpc) is 3.33. The molecule has 6 atom stereocenters. The molecular formula is C57H98O12. The number of carboxylic acids is 1. The van der Waals surface area contributed by atoms with Crippen LogP contribution in [-0.4, -0.2) is 89.2 Å². The van der Waals surface area contributed by atoms with Gasteiger partial charge in [0.2, 0.25) is 0 Å². The van der Waals surface area contributed by atoms with Crippen molar-refractivity contribution in [3.8, 4) is 0 Å². The van der Waals surface area contributed by atoms with Gasteiger partial charge in [0.25, 0.3) is 0 Å². The van der Waals surface area contributed by atoms with E-state index >= 15 is 0 Å². The molecule has 0 aromatic heterocycles. The van der Waals surface area contributed by atoms with Crippen molar-refractivity contribution in [1.82, 2.24) is 0 Å². The minimum Gasteiger partial charge on any atom is -0.479 e. The van der Waals surface area contributed by atoms with Crippen molar-refractivity contribution < 1.29 is 58.2 Å². The molecule has 3 N–H and O–H groups in total. The zero-order valence-electron chi connectivity index (χ0n) is 43.6. The Morgan fingerprint density at radius 3 is 1.39 bits per heavy atom. The Morgan fingerprint density at radius 1 is 0.493 bits per heavy atom. The number of aliphatic hydroxyl groups excluding tert-OH is 2. The lowest BCUT2D eigenvalue weighted by Gasteiger charge is -2.40. The Morgan fingerprint density at radius 2 is 0.913 bits per heavy atom. The largest absolute Gasteiger partial charge is 0.479 e. The van der Waals surface area contributed by atoms with E-state index in [0.717, 1.165) is 89.9 Å². The molecule has 1 saturated heterocycles. The lowest BCUT2D eigenvalue weighted by Crippen LogP contribution is -2.61. The summed E-state index contributed by atoms with van der Waals surface area (Å²) in [5.74, 6) is -3.14. The fourth-order valence-corrected chi connectivity index (χ4v) is 8.18. The van der Waals surface area contributed by atoms with E-state index in [1.807, 2.05) is 0 Å². The Balaban J connectivity index is 2.69. The highest BCUT2D eigenvalue weighted by atomic mass is 16.7. The van der Waals surface area contributed by atoms with E-state index in [0.29, 0.717) is 19.3 Å². The van der Waals surface area contributed by atoms with Crippen LogP contribution in [0.2, 0.25) is 0 Å². The molecule has 69 heavy (non-hydrogen) atoms. The molecule has 0 radical (unpaired) electrons. The molecule has 1 aliphatic heterocycles. The number of aliphatic hydroxyl groups is 2. The van der Waals surface area contributed by atoms with Gasteiger partial charge in [-0.15, -0.1) is 0 Å². The Hall–Kier alpha value is -3.32. The summed E-state index contributed by atoms with van der Waals surface area (Å²) in [7, 11) is 0. The predicted molar refractivity (Wildman–Crippen MR) is 276 cm³/mol. The molecule has 398 valence electrons. The minimum absolute atomic E-state index is 0.0344. The summed E-state index contributed by atoms with van der Waals surface area (Å²) < 4.78 is 28.3. The summed E-state index contributed by atoms with van der Waals surface area (Å²) in [6, 6.07) is 0. The Kier molecular flexibility index (Phi) is 42.3. The SMILES string of the molecule is CC/C=C\C/C=C\C/C=C\C/C=C\CCCCCCC(=O)OC1C(OCC(COC(=O)CCCCCCCCCCCCCCC)OC(=O)CCCCCCCCCCC)OC(C(=O)O)C(O)C1O. The van der Waals surface area contributed by atoms with Crippen molar-refractivity contribution >= 4 is 23.9 Å². The number of carboxylic acid groups (broad SMARTS) is 1. The Labute approximate surface area is 418 Å². The highest BCUT2D eigenvalue weighted by Crippen LogP contribution is 2.26. The number of unbranched alkanes of at least 4 members (excludes halogenated alkanes) is 24. The van der Waals surface area contributed by atoms with Crippen molar-refractivity contribution in [2.75, 3.05) is 13.2 Å². The van der Waals surface area contributed by atoms with Crippen molar-refractivity contribution in [2.24, 2.45) is 0 Å². The molecule has 0 aliphatic carbocycles. The average molecular weight is 975 g/mol. The van der Waals surface area contributed by atoms with Crippen LogP contribution in [-0.2, 0) is 42.9 Å². The van der Waals surface area contributed by atoms with Crippen molar-refractivity contribution in [3.63, 3.8) is 0 Å². The van der Waals surface area contributed by atoms with Crippen LogP contribution in [0.3, 0.4) is 0 Å². The van der Waals surface area contributed by atoms with Gasteiger partial charge in [-0.3, -0.25) is 14.4 Å². The first-order chi connectivity index (χ1) is 33.6. The summed E-state index contributed by atoms with van der Waals surface area (Å²) in [5, 5.41) is 31.4. The number of carbonyl (C=O) groups excluding carboxylic acids is 3. The number of hydrogen-bond donors (Lipinski definition) is 3. The molecular weight excluding hydrogens is 877 g/mol. The molecule has 1 rings (SSSR count). The van der Waals surface area contributed by atoms with E-state index in [9.17, 15) is 34.5 Å². The van der Waals surface area contributed by atoms with Crippen LogP contribution in [0, 0.1) is 0 Å². The van der Waals surface area contributed by atoms with Gasteiger partial charge in [0.1, 0.15) is 18.8 Å². The normalized spacial score (nSPS) is 19.0. The van der Waals surface area contributed by atoms with Crippen LogP contribution in [0.15, 0.2) is 48.6 Å². The second-order valence-corrected chi connectivity index (χ2v) is 18.9. The molecule has 0 saturated carbocycles. The van der Waals surface area contributed by atoms with Crippen LogP contribution < -0.4 is 0 Å². The van der Waals surface area contributed by atoms with Crippen LogP contribution in [0.1, 0.15) is 239 Å². The fourth-order valence-electron chi connectivity index (χ4n) is 8.18. The van der Waals surface area contributed by atoms with Crippen molar-refractivity contribution in [2.45, 2.75) is 276 Å². The van der Waals surface area contributed by atoms with Gasteiger partial charge in [-0.2, -0.15) is 0 Å². The molecule has 12 nitrogen and oxygen atoms in total. The van der Waals surface area contributed by atoms with Gasteiger partial charge >= 0.3 is 23.9 Å². The van der Waals surface area contributed by atoms with E-state index < -0.39 is 67.3 Å². The maximum Gasteiger partial charge on any atom is 0.335 e. The Bertz CT molecular complexity index is 1390. The third-order valence-electron chi connectivity index (χ3n) is 12.4. The predicted octanol–water partition coefficient (Wildman–Crippen LogP) is 13.4. The quantitative estimate of drug-likeness (QED) is 0.0228. The molecule has 0 spiro atoms. The molecule has 0 aromatic carbocycles. The molecule has 0 bridgehead atoms. The van der Waals surface area contributed by atoms with Gasteiger partial charge in [-0.1, -0.05) is 211 Å². The maximum atomic E-state index is 13.0. The molecule has 12 heteroatoms. The third-order valence-corrected chi connectivity index (χ3v) is 12.4. The molecule has 0 aromatic rings. The van der Waals surface area contributed by atoms with Gasteiger partial charge in [0, 0.05) is 19.3 Å². The second-order valence-electron chi connectivity index (χ2n) is 18.9. The number of rotatable bonds is 46.